The van der Waals surface area contributed by atoms with Gasteiger partial charge in [-0.25, -0.2) is 9.80 Å². The molecule has 0 bridgehead atoms. The van der Waals surface area contributed by atoms with E-state index in [9.17, 15) is 14.4 Å². The van der Waals surface area contributed by atoms with Gasteiger partial charge in [0.15, 0.2) is 6.61 Å². The summed E-state index contributed by atoms with van der Waals surface area (Å²) in [5.41, 5.74) is 0.875. The van der Waals surface area contributed by atoms with Gasteiger partial charge in [-0.05, 0) is 48.6 Å². The monoisotopic (exact) mass is 486 g/mol. The molecule has 2 fully saturated rings. The molecule has 3 aliphatic rings. The van der Waals surface area contributed by atoms with Crippen molar-refractivity contribution in [1.29, 1.82) is 0 Å². The zero-order valence-electron chi connectivity index (χ0n) is 18.1. The summed E-state index contributed by atoms with van der Waals surface area (Å²) in [7, 11) is 0. The van der Waals surface area contributed by atoms with Gasteiger partial charge in [-0.2, -0.15) is 5.10 Å². The van der Waals surface area contributed by atoms with Crippen molar-refractivity contribution in [2.24, 2.45) is 11.0 Å². The Labute approximate surface area is 200 Å². The summed E-state index contributed by atoms with van der Waals surface area (Å²) in [5.74, 6) is -0.992. The van der Waals surface area contributed by atoms with Gasteiger partial charge in [0.1, 0.15) is 0 Å². The summed E-state index contributed by atoms with van der Waals surface area (Å²) in [6.07, 6.45) is 3.83. The Kier molecular flexibility index (Phi) is 6.45. The predicted octanol–water partition coefficient (Wildman–Crippen LogP) is 3.61. The number of ether oxygens (including phenoxy) is 1. The lowest BCUT2D eigenvalue weighted by atomic mass is 9.97. The zero-order valence-corrected chi connectivity index (χ0v) is 19.8. The molecule has 0 spiro atoms. The van der Waals surface area contributed by atoms with E-state index in [0.717, 1.165) is 28.3 Å². The molecule has 1 atom stereocenters. The van der Waals surface area contributed by atoms with Gasteiger partial charge in [-0.1, -0.05) is 12.1 Å². The lowest BCUT2D eigenvalue weighted by molar-refractivity contribution is -0.157. The van der Waals surface area contributed by atoms with Crippen molar-refractivity contribution in [3.05, 3.63) is 44.8 Å². The van der Waals surface area contributed by atoms with Gasteiger partial charge in [0.25, 0.3) is 5.91 Å². The molecule has 1 aliphatic carbocycles. The fourth-order valence-corrected chi connectivity index (χ4v) is 5.70. The molecule has 5 rings (SSSR count). The Morgan fingerprint density at radius 2 is 1.82 bits per heavy atom. The van der Waals surface area contributed by atoms with E-state index in [2.05, 4.69) is 10.4 Å². The standard InChI is InChI=1S/C23H26N4O4S2/c28-21(14-31-22(29)15-7-9-26(10-8-15)23(30)24-16-5-6-16)27-18(20-4-2-12-33-20)13-17(25-27)19-3-1-11-32-19/h1-4,11-12,15-16,18H,5-10,13-14H2,(H,24,30)/t18-/m1/s1. The van der Waals surface area contributed by atoms with Crippen LogP contribution in [0.25, 0.3) is 0 Å². The first-order chi connectivity index (χ1) is 16.1. The third-order valence-corrected chi connectivity index (χ3v) is 8.09. The van der Waals surface area contributed by atoms with E-state index in [1.54, 1.807) is 27.6 Å². The van der Waals surface area contributed by atoms with Gasteiger partial charge in [0, 0.05) is 30.4 Å². The van der Waals surface area contributed by atoms with E-state index < -0.39 is 0 Å². The van der Waals surface area contributed by atoms with E-state index >= 15 is 0 Å². The van der Waals surface area contributed by atoms with Crippen LogP contribution in [0.15, 0.2) is 40.1 Å². The van der Waals surface area contributed by atoms with Gasteiger partial charge in [0.05, 0.1) is 22.5 Å². The number of amides is 3. The second-order valence-electron chi connectivity index (χ2n) is 8.59. The van der Waals surface area contributed by atoms with Crippen LogP contribution in [0.1, 0.15) is 47.9 Å². The molecule has 4 heterocycles. The summed E-state index contributed by atoms with van der Waals surface area (Å²) in [5, 5.41) is 13.0. The van der Waals surface area contributed by atoms with Crippen molar-refractivity contribution in [3.63, 3.8) is 0 Å². The molecule has 2 aromatic heterocycles. The Balaban J connectivity index is 1.15. The Bertz CT molecular complexity index is 1030. The highest BCUT2D eigenvalue weighted by Gasteiger charge is 2.35. The fourth-order valence-electron chi connectivity index (χ4n) is 4.16. The number of hydrogen-bond donors (Lipinski definition) is 1. The molecule has 10 heteroatoms. The molecule has 3 amide bonds. The summed E-state index contributed by atoms with van der Waals surface area (Å²) in [6, 6.07) is 8.02. The number of nitrogens with one attached hydrogen (secondary N) is 1. The van der Waals surface area contributed by atoms with E-state index in [-0.39, 0.29) is 36.5 Å². The average molecular weight is 487 g/mol. The number of rotatable bonds is 6. The van der Waals surface area contributed by atoms with Crippen molar-refractivity contribution < 1.29 is 19.1 Å². The predicted molar refractivity (Wildman–Crippen MR) is 126 cm³/mol. The topological polar surface area (TPSA) is 91.3 Å². The highest BCUT2D eigenvalue weighted by Crippen LogP contribution is 2.36. The van der Waals surface area contributed by atoms with Crippen LogP contribution in [-0.2, 0) is 14.3 Å². The van der Waals surface area contributed by atoms with Crippen LogP contribution in [0, 0.1) is 5.92 Å². The largest absolute Gasteiger partial charge is 0.455 e. The number of urea groups is 1. The number of piperidine rings is 1. The molecule has 33 heavy (non-hydrogen) atoms. The zero-order chi connectivity index (χ0) is 22.8. The number of carbonyl (C=O) groups is 3. The molecular formula is C23H26N4O4S2. The van der Waals surface area contributed by atoms with Crippen LogP contribution < -0.4 is 5.32 Å². The number of esters is 1. The van der Waals surface area contributed by atoms with E-state index in [4.69, 9.17) is 4.74 Å². The number of hydrazone groups is 1. The Hall–Kier alpha value is -2.72. The van der Waals surface area contributed by atoms with E-state index in [1.165, 1.54) is 5.01 Å². The number of nitrogens with zero attached hydrogens (tertiary/aromatic N) is 3. The maximum Gasteiger partial charge on any atom is 0.317 e. The van der Waals surface area contributed by atoms with Crippen molar-refractivity contribution in [2.45, 2.75) is 44.2 Å². The summed E-state index contributed by atoms with van der Waals surface area (Å²) in [4.78, 5) is 41.6. The van der Waals surface area contributed by atoms with Gasteiger partial charge < -0.3 is 15.0 Å². The fraction of sp³-hybridized carbons (Fsp3) is 0.478. The first-order valence-electron chi connectivity index (χ1n) is 11.3. The van der Waals surface area contributed by atoms with Crippen LogP contribution >= 0.6 is 22.7 Å². The van der Waals surface area contributed by atoms with E-state index in [0.29, 0.717) is 38.4 Å². The molecule has 0 aromatic carbocycles. The van der Waals surface area contributed by atoms with Crippen molar-refractivity contribution in [3.8, 4) is 0 Å². The van der Waals surface area contributed by atoms with E-state index in [1.807, 2.05) is 35.0 Å². The van der Waals surface area contributed by atoms with Crippen LogP contribution in [0.5, 0.6) is 0 Å². The number of hydrogen-bond acceptors (Lipinski definition) is 7. The highest BCUT2D eigenvalue weighted by molar-refractivity contribution is 7.12. The van der Waals surface area contributed by atoms with Gasteiger partial charge in [-0.15, -0.1) is 22.7 Å². The maximum atomic E-state index is 13.0. The summed E-state index contributed by atoms with van der Waals surface area (Å²) < 4.78 is 5.41. The van der Waals surface area contributed by atoms with Crippen molar-refractivity contribution >= 4 is 46.3 Å². The van der Waals surface area contributed by atoms with Gasteiger partial charge >= 0.3 is 12.0 Å². The Morgan fingerprint density at radius 3 is 2.48 bits per heavy atom. The first kappa shape index (κ1) is 22.1. The van der Waals surface area contributed by atoms with Gasteiger partial charge in [-0.3, -0.25) is 9.59 Å². The smallest absolute Gasteiger partial charge is 0.317 e. The average Bonchev–Trinajstić information content (AvgIpc) is 3.28. The molecule has 1 N–H and O–H groups in total. The second-order valence-corrected chi connectivity index (χ2v) is 10.5. The lowest BCUT2D eigenvalue weighted by Gasteiger charge is -2.31. The molecule has 2 aliphatic heterocycles. The molecule has 1 saturated heterocycles. The minimum atomic E-state index is -0.375. The normalized spacial score (nSPS) is 21.1. The molecular weight excluding hydrogens is 460 g/mol. The van der Waals surface area contributed by atoms with Crippen molar-refractivity contribution in [1.82, 2.24) is 15.2 Å². The van der Waals surface area contributed by atoms with Crippen LogP contribution in [0.3, 0.4) is 0 Å². The second kappa shape index (κ2) is 9.64. The Morgan fingerprint density at radius 1 is 1.06 bits per heavy atom. The van der Waals surface area contributed by atoms with Crippen LogP contribution in [-0.4, -0.2) is 59.3 Å². The number of carbonyl (C=O) groups excluding carboxylic acids is 3. The van der Waals surface area contributed by atoms with Crippen molar-refractivity contribution in [2.75, 3.05) is 19.7 Å². The minimum absolute atomic E-state index is 0.0486. The molecule has 1 saturated carbocycles. The van der Waals surface area contributed by atoms with Gasteiger partial charge in [0.2, 0.25) is 0 Å². The number of likely N-dealkylation sites (tertiary alicyclic amines) is 1. The molecule has 2 aromatic rings. The summed E-state index contributed by atoms with van der Waals surface area (Å²) in [6.45, 7) is 0.713. The molecule has 0 unspecified atom stereocenters. The SMILES string of the molecule is O=C(OCC(=O)N1N=C(c2cccs2)C[C@@H]1c1cccs1)C1CCN(C(=O)NC2CC2)CC1. The van der Waals surface area contributed by atoms with Crippen LogP contribution in [0.2, 0.25) is 0 Å². The number of thiophene rings is 2. The minimum Gasteiger partial charge on any atom is -0.455 e. The highest BCUT2D eigenvalue weighted by atomic mass is 32.1. The molecule has 174 valence electrons. The first-order valence-corrected chi connectivity index (χ1v) is 13.0. The molecule has 8 nitrogen and oxygen atoms in total. The third kappa shape index (κ3) is 5.11. The third-order valence-electron chi connectivity index (χ3n) is 6.20. The lowest BCUT2D eigenvalue weighted by Crippen LogP contribution is -2.46. The quantitative estimate of drug-likeness (QED) is 0.632. The summed E-state index contributed by atoms with van der Waals surface area (Å²) >= 11 is 3.18. The van der Waals surface area contributed by atoms with Crippen LogP contribution in [0.4, 0.5) is 4.79 Å². The molecule has 0 radical (unpaired) electrons. The maximum absolute atomic E-state index is 13.0.